The summed E-state index contributed by atoms with van der Waals surface area (Å²) in [6, 6.07) is 13.6. The number of fused-ring (bicyclic) bond motifs is 1. The Hall–Kier alpha value is -2.75. The van der Waals surface area contributed by atoms with Crippen molar-refractivity contribution in [1.29, 1.82) is 0 Å². The van der Waals surface area contributed by atoms with Crippen molar-refractivity contribution in [3.63, 3.8) is 0 Å². The van der Waals surface area contributed by atoms with Crippen LogP contribution in [0.2, 0.25) is 0 Å². The molecule has 1 heterocycles. The van der Waals surface area contributed by atoms with Crippen LogP contribution < -0.4 is 9.47 Å². The van der Waals surface area contributed by atoms with Crippen molar-refractivity contribution in [3.05, 3.63) is 48.0 Å². The van der Waals surface area contributed by atoms with Crippen molar-refractivity contribution in [1.82, 2.24) is 4.57 Å². The van der Waals surface area contributed by atoms with E-state index < -0.39 is 0 Å². The molecule has 0 radical (unpaired) electrons. The normalized spacial score (nSPS) is 10.8. The molecule has 0 aliphatic carbocycles. The van der Waals surface area contributed by atoms with E-state index in [1.807, 2.05) is 49.4 Å². The molecule has 4 nitrogen and oxygen atoms in total. The topological polar surface area (TPSA) is 40.5 Å². The van der Waals surface area contributed by atoms with Crippen LogP contribution in [0.4, 0.5) is 0 Å². The van der Waals surface area contributed by atoms with Gasteiger partial charge in [0.05, 0.1) is 25.4 Å². The van der Waals surface area contributed by atoms with Crippen LogP contribution in [-0.4, -0.2) is 24.7 Å². The lowest BCUT2D eigenvalue weighted by molar-refractivity contribution is 0.0943. The van der Waals surface area contributed by atoms with Gasteiger partial charge in [0.1, 0.15) is 0 Å². The van der Waals surface area contributed by atoms with Crippen LogP contribution in [0, 0.1) is 6.92 Å². The van der Waals surface area contributed by atoms with Crippen LogP contribution in [0.15, 0.2) is 42.5 Å². The van der Waals surface area contributed by atoms with Gasteiger partial charge < -0.3 is 9.47 Å². The van der Waals surface area contributed by atoms with Crippen molar-refractivity contribution in [2.24, 2.45) is 0 Å². The summed E-state index contributed by atoms with van der Waals surface area (Å²) in [7, 11) is 3.23. The smallest absolute Gasteiger partial charge is 0.228 e. The lowest BCUT2D eigenvalue weighted by Crippen LogP contribution is -2.07. The second-order valence-corrected chi connectivity index (χ2v) is 5.39. The zero-order chi connectivity index (χ0) is 16.6. The number of carbonyl (C=O) groups is 1. The van der Waals surface area contributed by atoms with Crippen LogP contribution in [-0.2, 0) is 0 Å². The molecule has 0 unspecified atom stereocenters. The lowest BCUT2D eigenvalue weighted by atomic mass is 10.1. The molecule has 3 rings (SSSR count). The first-order chi connectivity index (χ1) is 11.1. The summed E-state index contributed by atoms with van der Waals surface area (Å²) in [6.45, 7) is 3.58. The molecule has 0 fully saturated rings. The third kappa shape index (κ3) is 2.27. The molecular weight excluding hydrogens is 290 g/mol. The third-order valence-corrected chi connectivity index (χ3v) is 4.08. The first kappa shape index (κ1) is 15.2. The maximum atomic E-state index is 12.3. The van der Waals surface area contributed by atoms with Gasteiger partial charge in [-0.3, -0.25) is 9.36 Å². The van der Waals surface area contributed by atoms with Gasteiger partial charge >= 0.3 is 0 Å². The summed E-state index contributed by atoms with van der Waals surface area (Å²) in [5.41, 5.74) is 3.71. The van der Waals surface area contributed by atoms with Crippen LogP contribution >= 0.6 is 0 Å². The standard InChI is InChI=1S/C19H19NO3/c1-12-17-15(10-11-16(22-3)19(17)23-4)20(13(2)21)18(12)14-8-6-5-7-9-14/h5-11H,1-4H3. The molecule has 0 aliphatic rings. The monoisotopic (exact) mass is 309 g/mol. The quantitative estimate of drug-likeness (QED) is 0.724. The Labute approximate surface area is 135 Å². The Morgan fingerprint density at radius 2 is 1.70 bits per heavy atom. The van der Waals surface area contributed by atoms with Crippen molar-refractivity contribution < 1.29 is 14.3 Å². The highest BCUT2D eigenvalue weighted by molar-refractivity contribution is 6.04. The average molecular weight is 309 g/mol. The van der Waals surface area contributed by atoms with Crippen LogP contribution in [0.3, 0.4) is 0 Å². The minimum absolute atomic E-state index is 0.0332. The third-order valence-electron chi connectivity index (χ3n) is 4.08. The van der Waals surface area contributed by atoms with Gasteiger partial charge in [0.25, 0.3) is 0 Å². The average Bonchev–Trinajstić information content (AvgIpc) is 2.88. The molecule has 23 heavy (non-hydrogen) atoms. The van der Waals surface area contributed by atoms with E-state index in [0.717, 1.165) is 27.7 Å². The minimum Gasteiger partial charge on any atom is -0.493 e. The van der Waals surface area contributed by atoms with Gasteiger partial charge in [-0.1, -0.05) is 30.3 Å². The number of benzene rings is 2. The van der Waals surface area contributed by atoms with Crippen LogP contribution in [0.25, 0.3) is 22.2 Å². The summed E-state index contributed by atoms with van der Waals surface area (Å²) in [6.07, 6.45) is 0. The molecule has 118 valence electrons. The fraction of sp³-hybridized carbons (Fsp3) is 0.211. The zero-order valence-corrected chi connectivity index (χ0v) is 13.7. The first-order valence-electron chi connectivity index (χ1n) is 7.42. The van der Waals surface area contributed by atoms with Gasteiger partial charge in [-0.05, 0) is 30.2 Å². The fourth-order valence-corrected chi connectivity index (χ4v) is 3.14. The Bertz CT molecular complexity index is 879. The van der Waals surface area contributed by atoms with E-state index in [4.69, 9.17) is 9.47 Å². The van der Waals surface area contributed by atoms with Gasteiger partial charge in [-0.2, -0.15) is 0 Å². The largest absolute Gasteiger partial charge is 0.493 e. The fourth-order valence-electron chi connectivity index (χ4n) is 3.14. The van der Waals surface area contributed by atoms with Gasteiger partial charge in [0, 0.05) is 12.3 Å². The highest BCUT2D eigenvalue weighted by Crippen LogP contribution is 2.42. The molecule has 0 spiro atoms. The predicted octanol–water partition coefficient (Wildman–Crippen LogP) is 4.29. The summed E-state index contributed by atoms with van der Waals surface area (Å²) >= 11 is 0. The van der Waals surface area contributed by atoms with E-state index in [1.54, 1.807) is 25.7 Å². The summed E-state index contributed by atoms with van der Waals surface area (Å²) in [5.74, 6) is 1.28. The molecule has 0 amide bonds. The maximum Gasteiger partial charge on any atom is 0.228 e. The highest BCUT2D eigenvalue weighted by atomic mass is 16.5. The van der Waals surface area contributed by atoms with E-state index in [9.17, 15) is 4.79 Å². The van der Waals surface area contributed by atoms with E-state index >= 15 is 0 Å². The molecular formula is C19H19NO3. The van der Waals surface area contributed by atoms with Gasteiger partial charge in [-0.15, -0.1) is 0 Å². The molecule has 0 bridgehead atoms. The number of nitrogens with zero attached hydrogens (tertiary/aromatic N) is 1. The number of hydrogen-bond donors (Lipinski definition) is 0. The minimum atomic E-state index is -0.0332. The van der Waals surface area contributed by atoms with E-state index in [0.29, 0.717) is 11.5 Å². The van der Waals surface area contributed by atoms with Crippen molar-refractivity contribution in [2.45, 2.75) is 13.8 Å². The summed E-state index contributed by atoms with van der Waals surface area (Å²) in [5, 5.41) is 0.904. The SMILES string of the molecule is COc1ccc2c(c(C)c(-c3ccccc3)n2C(C)=O)c1OC. The molecule has 2 aromatic carbocycles. The Morgan fingerprint density at radius 1 is 1.00 bits per heavy atom. The van der Waals surface area contributed by atoms with Crippen LogP contribution in [0.1, 0.15) is 17.3 Å². The number of carbonyl (C=O) groups excluding carboxylic acids is 1. The van der Waals surface area contributed by atoms with Crippen molar-refractivity contribution in [2.75, 3.05) is 14.2 Å². The number of aromatic nitrogens is 1. The number of ether oxygens (including phenoxy) is 2. The first-order valence-corrected chi connectivity index (χ1v) is 7.42. The van der Waals surface area contributed by atoms with Gasteiger partial charge in [0.15, 0.2) is 11.5 Å². The predicted molar refractivity (Wildman–Crippen MR) is 91.5 cm³/mol. The van der Waals surface area contributed by atoms with E-state index in [-0.39, 0.29) is 5.91 Å². The number of methoxy groups -OCH3 is 2. The maximum absolute atomic E-state index is 12.3. The molecule has 0 aliphatic heterocycles. The van der Waals surface area contributed by atoms with E-state index in [2.05, 4.69) is 0 Å². The molecule has 0 saturated carbocycles. The molecule has 0 atom stereocenters. The molecule has 3 aromatic rings. The van der Waals surface area contributed by atoms with Crippen molar-refractivity contribution >= 4 is 16.8 Å². The Kier molecular flexibility index (Phi) is 3.82. The summed E-state index contributed by atoms with van der Waals surface area (Å²) < 4.78 is 12.7. The zero-order valence-electron chi connectivity index (χ0n) is 13.7. The number of aryl methyl sites for hydroxylation is 1. The molecule has 0 saturated heterocycles. The number of hydrogen-bond acceptors (Lipinski definition) is 3. The van der Waals surface area contributed by atoms with Crippen molar-refractivity contribution in [3.8, 4) is 22.8 Å². The van der Waals surface area contributed by atoms with E-state index in [1.165, 1.54) is 0 Å². The van der Waals surface area contributed by atoms with Gasteiger partial charge in [-0.25, -0.2) is 0 Å². The Balaban J connectivity index is 2.48. The number of rotatable bonds is 3. The Morgan fingerprint density at radius 3 is 2.26 bits per heavy atom. The second-order valence-electron chi connectivity index (χ2n) is 5.39. The van der Waals surface area contributed by atoms with Crippen LogP contribution in [0.5, 0.6) is 11.5 Å². The summed E-state index contributed by atoms with van der Waals surface area (Å²) in [4.78, 5) is 12.3. The molecule has 4 heteroatoms. The second kappa shape index (κ2) is 5.80. The molecule has 0 N–H and O–H groups in total. The highest BCUT2D eigenvalue weighted by Gasteiger charge is 2.22. The van der Waals surface area contributed by atoms with Gasteiger partial charge in [0.2, 0.25) is 5.91 Å². The lowest BCUT2D eigenvalue weighted by Gasteiger charge is -2.09. The molecule has 1 aromatic heterocycles.